The lowest BCUT2D eigenvalue weighted by Crippen LogP contribution is -2.62. The molecular weight excluding hydrogens is 530 g/mol. The minimum Gasteiger partial charge on any atom is -0.464 e. The van der Waals surface area contributed by atoms with Crippen LogP contribution in [0.3, 0.4) is 0 Å². The second-order valence-electron chi connectivity index (χ2n) is 14.5. The second kappa shape index (κ2) is 10.6. The molecule has 8 atom stereocenters. The predicted octanol–water partition coefficient (Wildman–Crippen LogP) is 3.65. The van der Waals surface area contributed by atoms with Crippen molar-refractivity contribution >= 4 is 33.2 Å². The molecular formula is C31H47NO7S. The smallest absolute Gasteiger partial charge is 0.305 e. The maximum absolute atomic E-state index is 13.8. The van der Waals surface area contributed by atoms with Crippen LogP contribution in [0.25, 0.3) is 0 Å². The van der Waals surface area contributed by atoms with Crippen LogP contribution in [0.1, 0.15) is 85.5 Å². The van der Waals surface area contributed by atoms with E-state index in [1.54, 1.807) is 0 Å². The van der Waals surface area contributed by atoms with E-state index in [4.69, 9.17) is 4.74 Å². The summed E-state index contributed by atoms with van der Waals surface area (Å²) in [6.45, 7) is 10.4. The molecule has 0 aromatic heterocycles. The molecule has 0 bridgehead atoms. The lowest BCUT2D eigenvalue weighted by molar-refractivity contribution is -0.175. The van der Waals surface area contributed by atoms with Gasteiger partial charge in [0.15, 0.2) is 9.84 Å². The maximum atomic E-state index is 13.8. The molecule has 0 amide bonds. The molecule has 5 fully saturated rings. The zero-order valence-corrected chi connectivity index (χ0v) is 25.5. The van der Waals surface area contributed by atoms with E-state index in [9.17, 15) is 27.6 Å². The van der Waals surface area contributed by atoms with Crippen molar-refractivity contribution in [3.63, 3.8) is 0 Å². The van der Waals surface area contributed by atoms with Gasteiger partial charge in [0.05, 0.1) is 11.5 Å². The highest BCUT2D eigenvalue weighted by molar-refractivity contribution is 7.91. The molecule has 8 nitrogen and oxygen atoms in total. The monoisotopic (exact) mass is 577 g/mol. The van der Waals surface area contributed by atoms with Crippen LogP contribution >= 0.6 is 0 Å². The molecule has 1 unspecified atom stereocenters. The number of nitrogens with zero attached hydrogens (tertiary/aromatic N) is 1. The van der Waals surface area contributed by atoms with Crippen LogP contribution in [0.15, 0.2) is 0 Å². The Balaban J connectivity index is 1.17. The standard InChI is InChI=1S/C31H47NO7S/c1-20(5-6-27(36)39-12-9-32-10-13-40(37,38)14-11-32)21-15-23-28-24(16-26(35)30(23,3)17-21)31(4)8-7-22(33)18-29(31,2)19-25(28)34/h20-21,23-24,28H,5-19H2,1-4H3/t20-,21+,23+,24?,28+,29+,30-,31-/m0/s1. The van der Waals surface area contributed by atoms with Gasteiger partial charge in [-0.25, -0.2) is 8.42 Å². The second-order valence-corrected chi connectivity index (χ2v) is 16.9. The number of carbonyl (C=O) groups is 4. The van der Waals surface area contributed by atoms with Gasteiger partial charge in [-0.3, -0.25) is 24.1 Å². The number of Topliss-reactive ketones (excluding diaryl/α,β-unsaturated/α-hetero) is 3. The number of sulfone groups is 1. The fraction of sp³-hybridized carbons (Fsp3) is 0.871. The van der Waals surface area contributed by atoms with Crippen LogP contribution in [-0.4, -0.2) is 74.4 Å². The van der Waals surface area contributed by atoms with Crippen LogP contribution in [0.5, 0.6) is 0 Å². The fourth-order valence-corrected chi connectivity index (χ4v) is 10.6. The molecule has 40 heavy (non-hydrogen) atoms. The topological polar surface area (TPSA) is 115 Å². The zero-order chi connectivity index (χ0) is 29.1. The van der Waals surface area contributed by atoms with Gasteiger partial charge in [0.1, 0.15) is 24.0 Å². The van der Waals surface area contributed by atoms with E-state index >= 15 is 0 Å². The Labute approximate surface area is 239 Å². The molecule has 5 aliphatic rings. The Morgan fingerprint density at radius 2 is 1.77 bits per heavy atom. The van der Waals surface area contributed by atoms with Crippen molar-refractivity contribution in [2.75, 3.05) is 37.7 Å². The number of fused-ring (bicyclic) bond motifs is 5. The third kappa shape index (κ3) is 5.23. The van der Waals surface area contributed by atoms with E-state index in [1.165, 1.54) is 0 Å². The highest BCUT2D eigenvalue weighted by atomic mass is 32.2. The minimum absolute atomic E-state index is 0.0153. The molecule has 1 aliphatic heterocycles. The molecule has 0 aromatic carbocycles. The molecule has 9 heteroatoms. The molecule has 4 saturated carbocycles. The lowest BCUT2D eigenvalue weighted by Gasteiger charge is -2.62. The van der Waals surface area contributed by atoms with Crippen LogP contribution < -0.4 is 0 Å². The summed E-state index contributed by atoms with van der Waals surface area (Å²) in [7, 11) is -2.92. The van der Waals surface area contributed by atoms with Gasteiger partial charge in [-0.05, 0) is 60.2 Å². The van der Waals surface area contributed by atoms with Crippen molar-refractivity contribution in [3.8, 4) is 0 Å². The predicted molar refractivity (Wildman–Crippen MR) is 150 cm³/mol. The summed E-state index contributed by atoms with van der Waals surface area (Å²) in [5, 5.41) is 0. The van der Waals surface area contributed by atoms with Gasteiger partial charge in [-0.15, -0.1) is 0 Å². The van der Waals surface area contributed by atoms with Crippen LogP contribution in [0, 0.1) is 45.8 Å². The van der Waals surface area contributed by atoms with Crippen molar-refractivity contribution in [3.05, 3.63) is 0 Å². The Bertz CT molecular complexity index is 1170. The first-order valence-corrected chi connectivity index (χ1v) is 17.2. The molecule has 5 rings (SSSR count). The quantitative estimate of drug-likeness (QED) is 0.421. The summed E-state index contributed by atoms with van der Waals surface area (Å²) >= 11 is 0. The summed E-state index contributed by atoms with van der Waals surface area (Å²) in [4.78, 5) is 54.4. The number of ether oxygens (including phenoxy) is 1. The highest BCUT2D eigenvalue weighted by Crippen LogP contribution is 2.68. The SMILES string of the molecule is C[C@@H](CCC(=O)OCCN1CCS(=O)(=O)CC1)[C@@H]1C[C@@H]2[C@H]3C(=O)C[C@@]4(C)CC(=O)CC[C@@]4(C)C3CC(=O)[C@@]2(C)C1. The number of carbonyl (C=O) groups excluding carboxylic acids is 4. The van der Waals surface area contributed by atoms with E-state index in [0.717, 1.165) is 19.3 Å². The van der Waals surface area contributed by atoms with Gasteiger partial charge in [0, 0.05) is 63.1 Å². The van der Waals surface area contributed by atoms with Crippen LogP contribution in [0.4, 0.5) is 0 Å². The van der Waals surface area contributed by atoms with E-state index in [2.05, 4.69) is 27.7 Å². The Hall–Kier alpha value is -1.61. The maximum Gasteiger partial charge on any atom is 0.305 e. The number of ketones is 3. The van der Waals surface area contributed by atoms with Gasteiger partial charge in [-0.1, -0.05) is 27.7 Å². The highest BCUT2D eigenvalue weighted by Gasteiger charge is 2.67. The van der Waals surface area contributed by atoms with Crippen molar-refractivity contribution in [2.45, 2.75) is 85.5 Å². The molecule has 0 aromatic rings. The number of hydrogen-bond acceptors (Lipinski definition) is 8. The van der Waals surface area contributed by atoms with Crippen LogP contribution in [-0.2, 0) is 33.8 Å². The first-order valence-electron chi connectivity index (χ1n) is 15.3. The van der Waals surface area contributed by atoms with Gasteiger partial charge >= 0.3 is 5.97 Å². The summed E-state index contributed by atoms with van der Waals surface area (Å²) < 4.78 is 28.6. The van der Waals surface area contributed by atoms with Gasteiger partial charge in [0.2, 0.25) is 0 Å². The molecule has 4 aliphatic carbocycles. The Morgan fingerprint density at radius 1 is 1.07 bits per heavy atom. The largest absolute Gasteiger partial charge is 0.464 e. The van der Waals surface area contributed by atoms with E-state index in [0.29, 0.717) is 58.2 Å². The molecule has 0 radical (unpaired) electrons. The van der Waals surface area contributed by atoms with Crippen LogP contribution in [0.2, 0.25) is 0 Å². The van der Waals surface area contributed by atoms with Crippen molar-refractivity contribution in [1.82, 2.24) is 4.90 Å². The summed E-state index contributed by atoms with van der Waals surface area (Å²) in [6, 6.07) is 0. The molecule has 1 saturated heterocycles. The summed E-state index contributed by atoms with van der Waals surface area (Å²) in [6.07, 6.45) is 5.27. The third-order valence-corrected chi connectivity index (χ3v) is 13.9. The van der Waals surface area contributed by atoms with Gasteiger partial charge in [0.25, 0.3) is 0 Å². The summed E-state index contributed by atoms with van der Waals surface area (Å²) in [5.74, 6) is 1.33. The van der Waals surface area contributed by atoms with Crippen molar-refractivity contribution in [1.29, 1.82) is 0 Å². The van der Waals surface area contributed by atoms with E-state index < -0.39 is 15.3 Å². The average Bonchev–Trinajstić information content (AvgIpc) is 3.24. The normalized spacial score (nSPS) is 42.0. The minimum atomic E-state index is -2.92. The first-order chi connectivity index (χ1) is 18.7. The number of esters is 1. The van der Waals surface area contributed by atoms with Crippen molar-refractivity contribution in [2.24, 2.45) is 45.8 Å². The Morgan fingerprint density at radius 3 is 2.48 bits per heavy atom. The molecule has 0 N–H and O–H groups in total. The lowest BCUT2D eigenvalue weighted by atomic mass is 9.40. The first kappa shape index (κ1) is 29.9. The van der Waals surface area contributed by atoms with E-state index in [-0.39, 0.29) is 81.9 Å². The molecule has 224 valence electrons. The fourth-order valence-electron chi connectivity index (χ4n) is 9.32. The van der Waals surface area contributed by atoms with Gasteiger partial charge < -0.3 is 4.74 Å². The molecule has 1 heterocycles. The average molecular weight is 578 g/mol. The van der Waals surface area contributed by atoms with Gasteiger partial charge in [-0.2, -0.15) is 0 Å². The number of hydrogen-bond donors (Lipinski definition) is 0. The van der Waals surface area contributed by atoms with Crippen molar-refractivity contribution < 1.29 is 32.3 Å². The Kier molecular flexibility index (Phi) is 7.90. The zero-order valence-electron chi connectivity index (χ0n) is 24.7. The van der Waals surface area contributed by atoms with E-state index in [1.807, 2.05) is 4.90 Å². The molecule has 0 spiro atoms. The third-order valence-electron chi connectivity index (χ3n) is 12.3. The summed E-state index contributed by atoms with van der Waals surface area (Å²) in [5.41, 5.74) is -1.02. The number of rotatable bonds is 7.